The van der Waals surface area contributed by atoms with Crippen molar-refractivity contribution in [3.63, 3.8) is 0 Å². The Labute approximate surface area is 176 Å². The summed E-state index contributed by atoms with van der Waals surface area (Å²) in [5.74, 6) is -0.660. The van der Waals surface area contributed by atoms with Gasteiger partial charge in [-0.1, -0.05) is 6.07 Å². The maximum Gasteiger partial charge on any atom is 0.494 e. The van der Waals surface area contributed by atoms with Gasteiger partial charge in [-0.3, -0.25) is 4.79 Å². The van der Waals surface area contributed by atoms with Crippen molar-refractivity contribution in [2.45, 2.75) is 70.1 Å². The fourth-order valence-corrected chi connectivity index (χ4v) is 3.67. The average Bonchev–Trinajstić information content (AvgIpc) is 2.90. The minimum Gasteiger partial charge on any atom is -0.475 e. The van der Waals surface area contributed by atoms with Gasteiger partial charge in [0.1, 0.15) is 17.9 Å². The van der Waals surface area contributed by atoms with Gasteiger partial charge in [-0.2, -0.15) is 5.26 Å². The predicted octanol–water partition coefficient (Wildman–Crippen LogP) is 1.26. The van der Waals surface area contributed by atoms with Crippen LogP contribution >= 0.6 is 0 Å². The van der Waals surface area contributed by atoms with Crippen LogP contribution in [-0.4, -0.2) is 60.2 Å². The number of benzene rings is 1. The van der Waals surface area contributed by atoms with Crippen LogP contribution in [0.1, 0.15) is 46.6 Å². The number of aliphatic hydroxyl groups is 1. The number of rotatable bonds is 5. The largest absolute Gasteiger partial charge is 0.494 e. The average molecular weight is 418 g/mol. The Bertz CT molecular complexity index is 853. The molecule has 30 heavy (non-hydrogen) atoms. The van der Waals surface area contributed by atoms with Crippen molar-refractivity contribution in [1.29, 1.82) is 5.26 Å². The van der Waals surface area contributed by atoms with Crippen LogP contribution in [0.15, 0.2) is 18.2 Å². The van der Waals surface area contributed by atoms with Crippen LogP contribution in [0.25, 0.3) is 0 Å². The van der Waals surface area contributed by atoms with Gasteiger partial charge in [0, 0.05) is 13.0 Å². The summed E-state index contributed by atoms with van der Waals surface area (Å²) in [4.78, 5) is 12.7. The molecule has 0 saturated carbocycles. The lowest BCUT2D eigenvalue weighted by molar-refractivity contribution is -0.151. The molecule has 0 aromatic heterocycles. The number of hydrogen-bond donors (Lipinski definition) is 2. The Morgan fingerprint density at radius 1 is 1.37 bits per heavy atom. The third-order valence-corrected chi connectivity index (χ3v) is 6.24. The first kappa shape index (κ1) is 22.7. The van der Waals surface area contributed by atoms with E-state index in [4.69, 9.17) is 14.0 Å². The van der Waals surface area contributed by atoms with E-state index in [1.807, 2.05) is 33.8 Å². The van der Waals surface area contributed by atoms with E-state index in [9.17, 15) is 19.6 Å². The molecular weight excluding hydrogens is 390 g/mol. The highest BCUT2D eigenvalue weighted by Crippen LogP contribution is 2.37. The number of nitrogens with one attached hydrogen (secondary N) is 1. The third-order valence-electron chi connectivity index (χ3n) is 6.24. The summed E-state index contributed by atoms with van der Waals surface area (Å²) < 4.78 is 32.8. The number of carbonyl (C=O) groups excluding carboxylic acids is 1. The number of alkyl halides is 1. The summed E-state index contributed by atoms with van der Waals surface area (Å²) in [6, 6.07) is 6.80. The number of nitriles is 1. The Morgan fingerprint density at radius 2 is 2.00 bits per heavy atom. The van der Waals surface area contributed by atoms with Crippen LogP contribution in [0.5, 0.6) is 5.75 Å². The van der Waals surface area contributed by atoms with Gasteiger partial charge in [0.05, 0.1) is 16.8 Å². The van der Waals surface area contributed by atoms with Crippen molar-refractivity contribution in [1.82, 2.24) is 5.32 Å². The summed E-state index contributed by atoms with van der Waals surface area (Å²) in [5, 5.41) is 22.4. The zero-order valence-corrected chi connectivity index (χ0v) is 18.0. The number of ether oxygens (including phenoxy) is 1. The standard InChI is InChI=1S/C21H28BFN2O5/c1-13(26)18(27)21(8-9-25-12-17(21)23)28-16-7-6-15(10-14(16)11-24)22-29-19(2,3)20(4,5)30-22/h6-7,10,13,17,25-26H,8-9,12H2,1-5H3/t13-,17+,21+/m0/s1. The number of piperidine rings is 1. The van der Waals surface area contributed by atoms with E-state index in [1.165, 1.54) is 13.0 Å². The van der Waals surface area contributed by atoms with E-state index in [0.717, 1.165) is 0 Å². The Morgan fingerprint density at radius 3 is 2.53 bits per heavy atom. The summed E-state index contributed by atoms with van der Waals surface area (Å²) in [7, 11) is -0.669. The van der Waals surface area contributed by atoms with Crippen molar-refractivity contribution in [2.24, 2.45) is 0 Å². The Kier molecular flexibility index (Phi) is 6.00. The molecule has 162 valence electrons. The third kappa shape index (κ3) is 3.85. The summed E-state index contributed by atoms with van der Waals surface area (Å²) in [6.07, 6.45) is -3.01. The molecule has 0 unspecified atom stereocenters. The van der Waals surface area contributed by atoms with Crippen molar-refractivity contribution in [3.05, 3.63) is 23.8 Å². The number of halogens is 1. The minimum absolute atomic E-state index is 0.0434. The van der Waals surface area contributed by atoms with Crippen LogP contribution in [0, 0.1) is 11.3 Å². The molecule has 0 aliphatic carbocycles. The van der Waals surface area contributed by atoms with Crippen molar-refractivity contribution in [2.75, 3.05) is 13.1 Å². The van der Waals surface area contributed by atoms with Gasteiger partial charge in [-0.25, -0.2) is 4.39 Å². The highest BCUT2D eigenvalue weighted by Gasteiger charge is 2.53. The maximum absolute atomic E-state index is 14.9. The molecule has 2 aliphatic rings. The molecule has 1 aromatic rings. The van der Waals surface area contributed by atoms with Gasteiger partial charge in [0.2, 0.25) is 11.4 Å². The molecule has 3 atom stereocenters. The molecule has 0 amide bonds. The van der Waals surface area contributed by atoms with E-state index < -0.39 is 42.0 Å². The Hall–Kier alpha value is -1.99. The number of Topliss-reactive ketones (excluding diaryl/α,β-unsaturated/α-hetero) is 1. The molecule has 0 bridgehead atoms. The van der Waals surface area contributed by atoms with E-state index in [1.54, 1.807) is 12.1 Å². The summed E-state index contributed by atoms with van der Waals surface area (Å²) in [5.41, 5.74) is -2.17. The van der Waals surface area contributed by atoms with Crippen LogP contribution in [-0.2, 0) is 14.1 Å². The lowest BCUT2D eigenvalue weighted by Gasteiger charge is -2.40. The SMILES string of the molecule is C[C@H](O)C(=O)[C@@]1(Oc2ccc(B3OC(C)(C)C(C)(C)O3)cc2C#N)CCNC[C@H]1F. The molecule has 2 aliphatic heterocycles. The quantitative estimate of drug-likeness (QED) is 0.695. The molecule has 3 rings (SSSR count). The zero-order valence-electron chi connectivity index (χ0n) is 18.0. The van der Waals surface area contributed by atoms with Crippen LogP contribution < -0.4 is 15.5 Å². The van der Waals surface area contributed by atoms with Gasteiger partial charge < -0.3 is 24.5 Å². The van der Waals surface area contributed by atoms with Gasteiger partial charge >= 0.3 is 7.12 Å². The second-order valence-electron chi connectivity index (χ2n) is 8.91. The van der Waals surface area contributed by atoms with Crippen molar-refractivity contribution < 1.29 is 28.3 Å². The topological polar surface area (TPSA) is 101 Å². The Balaban J connectivity index is 1.93. The highest BCUT2D eigenvalue weighted by atomic mass is 19.1. The summed E-state index contributed by atoms with van der Waals surface area (Å²) >= 11 is 0. The molecule has 7 nitrogen and oxygen atoms in total. The number of hydrogen-bond acceptors (Lipinski definition) is 7. The first-order valence-electron chi connectivity index (χ1n) is 10.1. The molecule has 0 radical (unpaired) electrons. The van der Waals surface area contributed by atoms with Gasteiger partial charge in [0.25, 0.3) is 0 Å². The van der Waals surface area contributed by atoms with Crippen LogP contribution in [0.3, 0.4) is 0 Å². The number of nitrogens with zero attached hydrogens (tertiary/aromatic N) is 1. The van der Waals surface area contributed by atoms with Crippen molar-refractivity contribution in [3.8, 4) is 11.8 Å². The van der Waals surface area contributed by atoms with E-state index >= 15 is 0 Å². The smallest absolute Gasteiger partial charge is 0.475 e. The molecule has 2 saturated heterocycles. The van der Waals surface area contributed by atoms with Crippen LogP contribution in [0.4, 0.5) is 4.39 Å². The monoisotopic (exact) mass is 418 g/mol. The van der Waals surface area contributed by atoms with Crippen LogP contribution in [0.2, 0.25) is 0 Å². The fraction of sp³-hybridized carbons (Fsp3) is 0.619. The molecule has 1 aromatic carbocycles. The second kappa shape index (κ2) is 7.93. The number of carbonyl (C=O) groups is 1. The highest BCUT2D eigenvalue weighted by molar-refractivity contribution is 6.62. The normalized spacial score (nSPS) is 28.6. The van der Waals surface area contributed by atoms with Gasteiger partial charge in [-0.15, -0.1) is 0 Å². The fourth-order valence-electron chi connectivity index (χ4n) is 3.67. The maximum atomic E-state index is 14.9. The zero-order chi connectivity index (χ0) is 22.3. The number of aliphatic hydroxyl groups excluding tert-OH is 1. The molecule has 0 spiro atoms. The van der Waals surface area contributed by atoms with E-state index in [-0.39, 0.29) is 24.3 Å². The molecule has 2 N–H and O–H groups in total. The molecule has 2 fully saturated rings. The minimum atomic E-state index is -1.85. The summed E-state index contributed by atoms with van der Waals surface area (Å²) in [6.45, 7) is 9.28. The lowest BCUT2D eigenvalue weighted by Crippen LogP contribution is -2.62. The first-order valence-corrected chi connectivity index (χ1v) is 10.1. The van der Waals surface area contributed by atoms with Gasteiger partial charge in [-0.05, 0) is 58.8 Å². The second-order valence-corrected chi connectivity index (χ2v) is 8.91. The molecule has 2 heterocycles. The van der Waals surface area contributed by atoms with Gasteiger partial charge in [0.15, 0.2) is 6.17 Å². The molecule has 9 heteroatoms. The van der Waals surface area contributed by atoms with E-state index in [2.05, 4.69) is 5.32 Å². The molecular formula is C21H28BFN2O5. The van der Waals surface area contributed by atoms with Crippen molar-refractivity contribution >= 4 is 18.4 Å². The first-order chi connectivity index (χ1) is 13.9. The van der Waals surface area contributed by atoms with E-state index in [0.29, 0.717) is 12.0 Å². The lowest BCUT2D eigenvalue weighted by atomic mass is 9.78. The predicted molar refractivity (Wildman–Crippen MR) is 109 cm³/mol. The number of ketones is 1.